The van der Waals surface area contributed by atoms with Crippen LogP contribution in [-0.2, 0) is 11.2 Å². The topological polar surface area (TPSA) is 55.1 Å². The molecule has 0 saturated carbocycles. The molecular formula is C11H18N2OS. The van der Waals surface area contributed by atoms with Crippen molar-refractivity contribution in [1.29, 1.82) is 0 Å². The van der Waals surface area contributed by atoms with E-state index in [0.29, 0.717) is 0 Å². The SMILES string of the molecule is CCC(NC(C)Cc1ccsc1)C(N)=O. The van der Waals surface area contributed by atoms with E-state index in [1.165, 1.54) is 5.56 Å². The van der Waals surface area contributed by atoms with Gasteiger partial charge in [-0.2, -0.15) is 11.3 Å². The lowest BCUT2D eigenvalue weighted by atomic mass is 10.1. The van der Waals surface area contributed by atoms with E-state index < -0.39 is 0 Å². The van der Waals surface area contributed by atoms with Crippen molar-refractivity contribution in [2.75, 3.05) is 0 Å². The summed E-state index contributed by atoms with van der Waals surface area (Å²) in [5, 5.41) is 7.43. The summed E-state index contributed by atoms with van der Waals surface area (Å²) in [6.45, 7) is 4.03. The van der Waals surface area contributed by atoms with E-state index in [9.17, 15) is 4.79 Å². The predicted molar refractivity (Wildman–Crippen MR) is 63.9 cm³/mol. The molecule has 1 aromatic rings. The Morgan fingerprint density at radius 2 is 2.40 bits per heavy atom. The Morgan fingerprint density at radius 3 is 2.87 bits per heavy atom. The molecule has 4 heteroatoms. The first-order valence-corrected chi connectivity index (χ1v) is 6.14. The lowest BCUT2D eigenvalue weighted by Gasteiger charge is -2.19. The maximum atomic E-state index is 11.0. The molecule has 0 spiro atoms. The smallest absolute Gasteiger partial charge is 0.234 e. The van der Waals surface area contributed by atoms with E-state index in [4.69, 9.17) is 5.73 Å². The Hall–Kier alpha value is -0.870. The number of amides is 1. The van der Waals surface area contributed by atoms with Crippen LogP contribution in [-0.4, -0.2) is 18.0 Å². The summed E-state index contributed by atoms with van der Waals surface area (Å²) in [7, 11) is 0. The third-order valence-corrected chi connectivity index (χ3v) is 3.09. The van der Waals surface area contributed by atoms with Gasteiger partial charge in [-0.25, -0.2) is 0 Å². The monoisotopic (exact) mass is 226 g/mol. The van der Waals surface area contributed by atoms with Crippen molar-refractivity contribution < 1.29 is 4.79 Å². The summed E-state index contributed by atoms with van der Waals surface area (Å²) in [6.07, 6.45) is 1.68. The van der Waals surface area contributed by atoms with E-state index in [0.717, 1.165) is 12.8 Å². The average molecular weight is 226 g/mol. The number of thiophene rings is 1. The van der Waals surface area contributed by atoms with Gasteiger partial charge in [0.25, 0.3) is 0 Å². The Morgan fingerprint density at radius 1 is 1.67 bits per heavy atom. The van der Waals surface area contributed by atoms with Gasteiger partial charge < -0.3 is 11.1 Å². The Bertz CT molecular complexity index is 298. The molecule has 0 fully saturated rings. The highest BCUT2D eigenvalue weighted by Gasteiger charge is 2.15. The highest BCUT2D eigenvalue weighted by molar-refractivity contribution is 7.07. The van der Waals surface area contributed by atoms with Crippen LogP contribution in [0.1, 0.15) is 25.8 Å². The third-order valence-electron chi connectivity index (χ3n) is 2.36. The summed E-state index contributed by atoms with van der Waals surface area (Å²) in [4.78, 5) is 11.0. The lowest BCUT2D eigenvalue weighted by molar-refractivity contribution is -0.120. The zero-order valence-electron chi connectivity index (χ0n) is 9.19. The van der Waals surface area contributed by atoms with Crippen LogP contribution in [0.25, 0.3) is 0 Å². The second-order valence-corrected chi connectivity index (χ2v) is 4.55. The molecule has 1 rings (SSSR count). The summed E-state index contributed by atoms with van der Waals surface area (Å²) in [6, 6.07) is 2.17. The second-order valence-electron chi connectivity index (χ2n) is 3.77. The maximum absolute atomic E-state index is 11.0. The molecule has 3 nitrogen and oxygen atoms in total. The van der Waals surface area contributed by atoms with Crippen molar-refractivity contribution >= 4 is 17.2 Å². The molecule has 3 N–H and O–H groups in total. The van der Waals surface area contributed by atoms with Crippen LogP contribution >= 0.6 is 11.3 Å². The second kappa shape index (κ2) is 5.88. The molecule has 2 unspecified atom stereocenters. The highest BCUT2D eigenvalue weighted by Crippen LogP contribution is 2.09. The zero-order valence-corrected chi connectivity index (χ0v) is 10.0. The molecule has 0 aliphatic rings. The fourth-order valence-corrected chi connectivity index (χ4v) is 2.25. The molecule has 15 heavy (non-hydrogen) atoms. The number of hydrogen-bond acceptors (Lipinski definition) is 3. The molecule has 1 aromatic heterocycles. The normalized spacial score (nSPS) is 14.8. The molecule has 0 saturated heterocycles. The Labute approximate surface area is 94.7 Å². The fraction of sp³-hybridized carbons (Fsp3) is 0.545. The number of rotatable bonds is 6. The third kappa shape index (κ3) is 4.01. The number of hydrogen-bond donors (Lipinski definition) is 2. The standard InChI is InChI=1S/C11H18N2OS/c1-3-10(11(12)14)13-8(2)6-9-4-5-15-7-9/h4-5,7-8,10,13H,3,6H2,1-2H3,(H2,12,14). The van der Waals surface area contributed by atoms with Crippen molar-refractivity contribution in [3.05, 3.63) is 22.4 Å². The first kappa shape index (κ1) is 12.2. The first-order valence-electron chi connectivity index (χ1n) is 5.20. The maximum Gasteiger partial charge on any atom is 0.234 e. The van der Waals surface area contributed by atoms with Gasteiger partial charge in [-0.15, -0.1) is 0 Å². The van der Waals surface area contributed by atoms with E-state index >= 15 is 0 Å². The lowest BCUT2D eigenvalue weighted by Crippen LogP contribution is -2.45. The Balaban J connectivity index is 2.41. The van der Waals surface area contributed by atoms with E-state index in [-0.39, 0.29) is 18.0 Å². The number of carbonyl (C=O) groups excluding carboxylic acids is 1. The van der Waals surface area contributed by atoms with Crippen LogP contribution in [0.5, 0.6) is 0 Å². The van der Waals surface area contributed by atoms with Crippen molar-refractivity contribution in [2.24, 2.45) is 5.73 Å². The van der Waals surface area contributed by atoms with Crippen LogP contribution in [0.3, 0.4) is 0 Å². The van der Waals surface area contributed by atoms with Crippen molar-refractivity contribution in [1.82, 2.24) is 5.32 Å². The number of nitrogens with one attached hydrogen (secondary N) is 1. The predicted octanol–water partition coefficient (Wildman–Crippen LogP) is 1.53. The van der Waals surface area contributed by atoms with Crippen LogP contribution in [0, 0.1) is 0 Å². The summed E-state index contributed by atoms with van der Waals surface area (Å²) >= 11 is 1.69. The summed E-state index contributed by atoms with van der Waals surface area (Å²) in [5.41, 5.74) is 6.57. The molecule has 0 bridgehead atoms. The molecule has 0 aliphatic carbocycles. The van der Waals surface area contributed by atoms with Gasteiger partial charge in [0.15, 0.2) is 0 Å². The van der Waals surface area contributed by atoms with Gasteiger partial charge in [0, 0.05) is 6.04 Å². The van der Waals surface area contributed by atoms with Crippen LogP contribution in [0.15, 0.2) is 16.8 Å². The van der Waals surface area contributed by atoms with Gasteiger partial charge in [-0.05, 0) is 42.2 Å². The summed E-state index contributed by atoms with van der Waals surface area (Å²) < 4.78 is 0. The van der Waals surface area contributed by atoms with Gasteiger partial charge in [0.2, 0.25) is 5.91 Å². The zero-order chi connectivity index (χ0) is 11.3. The number of carbonyl (C=O) groups is 1. The van der Waals surface area contributed by atoms with E-state index in [1.54, 1.807) is 11.3 Å². The molecule has 0 aromatic carbocycles. The van der Waals surface area contributed by atoms with Gasteiger partial charge in [-0.1, -0.05) is 6.92 Å². The molecule has 0 radical (unpaired) electrons. The minimum atomic E-state index is -0.269. The highest BCUT2D eigenvalue weighted by atomic mass is 32.1. The molecular weight excluding hydrogens is 208 g/mol. The summed E-state index contributed by atoms with van der Waals surface area (Å²) in [5.74, 6) is -0.269. The average Bonchev–Trinajstić information content (AvgIpc) is 2.66. The number of nitrogens with two attached hydrogens (primary N) is 1. The van der Waals surface area contributed by atoms with Crippen LogP contribution in [0.2, 0.25) is 0 Å². The van der Waals surface area contributed by atoms with Gasteiger partial charge in [0.05, 0.1) is 6.04 Å². The van der Waals surface area contributed by atoms with Crippen molar-refractivity contribution in [2.45, 2.75) is 38.8 Å². The van der Waals surface area contributed by atoms with Gasteiger partial charge >= 0.3 is 0 Å². The van der Waals surface area contributed by atoms with Crippen LogP contribution in [0.4, 0.5) is 0 Å². The molecule has 0 aliphatic heterocycles. The molecule has 1 heterocycles. The Kier molecular flexibility index (Phi) is 4.78. The fourth-order valence-electron chi connectivity index (χ4n) is 1.57. The van der Waals surface area contributed by atoms with Gasteiger partial charge in [0.1, 0.15) is 0 Å². The van der Waals surface area contributed by atoms with Crippen LogP contribution < -0.4 is 11.1 Å². The van der Waals surface area contributed by atoms with Gasteiger partial charge in [-0.3, -0.25) is 4.79 Å². The number of primary amides is 1. The van der Waals surface area contributed by atoms with Crippen molar-refractivity contribution in [3.8, 4) is 0 Å². The largest absolute Gasteiger partial charge is 0.368 e. The van der Waals surface area contributed by atoms with Crippen molar-refractivity contribution in [3.63, 3.8) is 0 Å². The molecule has 2 atom stereocenters. The molecule has 1 amide bonds. The first-order chi connectivity index (χ1) is 7.13. The van der Waals surface area contributed by atoms with E-state index in [2.05, 4.69) is 29.1 Å². The molecule has 84 valence electrons. The quantitative estimate of drug-likeness (QED) is 0.773. The minimum Gasteiger partial charge on any atom is -0.368 e. The minimum absolute atomic E-state index is 0.210. The van der Waals surface area contributed by atoms with E-state index in [1.807, 2.05) is 6.92 Å².